The molecule has 0 spiro atoms. The zero-order valence-electron chi connectivity index (χ0n) is 12.1. The number of hydrogen-bond donors (Lipinski definition) is 1. The highest BCUT2D eigenvalue weighted by Crippen LogP contribution is 2.34. The standard InChI is InChI=1S/C17H19N3O/c1-11-8-13-9-18-10-15(13)20(11)17(21)14-6-2-4-12-5-3-7-19-16(12)14/h2-7,11,13,15,18H,8-10H2,1H3. The molecule has 2 aliphatic rings. The average Bonchev–Trinajstić information content (AvgIpc) is 3.06. The smallest absolute Gasteiger partial charge is 0.256 e. The van der Waals surface area contributed by atoms with Crippen molar-refractivity contribution in [2.24, 2.45) is 5.92 Å². The van der Waals surface area contributed by atoms with E-state index >= 15 is 0 Å². The maximum absolute atomic E-state index is 13.1. The van der Waals surface area contributed by atoms with Crippen molar-refractivity contribution < 1.29 is 4.79 Å². The Morgan fingerprint density at radius 3 is 3.05 bits per heavy atom. The van der Waals surface area contributed by atoms with Crippen molar-refractivity contribution in [2.45, 2.75) is 25.4 Å². The minimum atomic E-state index is 0.128. The lowest BCUT2D eigenvalue weighted by molar-refractivity contribution is 0.0684. The van der Waals surface area contributed by atoms with Crippen LogP contribution in [-0.2, 0) is 0 Å². The molecule has 0 saturated carbocycles. The van der Waals surface area contributed by atoms with Crippen molar-refractivity contribution in [3.8, 4) is 0 Å². The van der Waals surface area contributed by atoms with E-state index in [1.807, 2.05) is 30.3 Å². The molecule has 21 heavy (non-hydrogen) atoms. The first-order valence-electron chi connectivity index (χ1n) is 7.63. The van der Waals surface area contributed by atoms with Crippen molar-refractivity contribution in [1.29, 1.82) is 0 Å². The molecular weight excluding hydrogens is 262 g/mol. The van der Waals surface area contributed by atoms with Crippen molar-refractivity contribution in [2.75, 3.05) is 13.1 Å². The second-order valence-electron chi connectivity index (χ2n) is 6.16. The van der Waals surface area contributed by atoms with E-state index in [1.165, 1.54) is 0 Å². The van der Waals surface area contributed by atoms with Gasteiger partial charge in [0.25, 0.3) is 5.91 Å². The number of nitrogens with one attached hydrogen (secondary N) is 1. The second kappa shape index (κ2) is 4.81. The Balaban J connectivity index is 1.76. The molecule has 4 nitrogen and oxygen atoms in total. The number of amides is 1. The number of rotatable bonds is 1. The number of para-hydroxylation sites is 1. The van der Waals surface area contributed by atoms with Gasteiger partial charge in [0.05, 0.1) is 11.1 Å². The molecule has 4 heteroatoms. The summed E-state index contributed by atoms with van der Waals surface area (Å²) in [5.41, 5.74) is 1.54. The van der Waals surface area contributed by atoms with Crippen LogP contribution < -0.4 is 5.32 Å². The number of benzene rings is 1. The summed E-state index contributed by atoms with van der Waals surface area (Å²) < 4.78 is 0. The Morgan fingerprint density at radius 2 is 2.14 bits per heavy atom. The van der Waals surface area contributed by atoms with Crippen LogP contribution in [0.15, 0.2) is 36.5 Å². The molecule has 1 aromatic heterocycles. The Hall–Kier alpha value is -1.94. The highest BCUT2D eigenvalue weighted by Gasteiger charge is 2.44. The first kappa shape index (κ1) is 12.8. The maximum atomic E-state index is 13.1. The summed E-state index contributed by atoms with van der Waals surface area (Å²) in [5.74, 6) is 0.731. The summed E-state index contributed by atoms with van der Waals surface area (Å²) in [6.45, 7) is 4.11. The first-order chi connectivity index (χ1) is 10.3. The normalized spacial score (nSPS) is 28.0. The number of hydrogen-bond acceptors (Lipinski definition) is 3. The lowest BCUT2D eigenvalue weighted by atomic mass is 10.0. The minimum Gasteiger partial charge on any atom is -0.331 e. The van der Waals surface area contributed by atoms with E-state index in [1.54, 1.807) is 6.20 Å². The van der Waals surface area contributed by atoms with Gasteiger partial charge in [0.2, 0.25) is 0 Å². The van der Waals surface area contributed by atoms with E-state index in [0.717, 1.165) is 36.0 Å². The Morgan fingerprint density at radius 1 is 1.29 bits per heavy atom. The van der Waals surface area contributed by atoms with Crippen LogP contribution in [0.25, 0.3) is 10.9 Å². The van der Waals surface area contributed by atoms with Crippen molar-refractivity contribution in [3.05, 3.63) is 42.1 Å². The third-order valence-electron chi connectivity index (χ3n) is 4.88. The number of nitrogens with zero attached hydrogens (tertiary/aromatic N) is 2. The van der Waals surface area contributed by atoms with Crippen LogP contribution in [0.3, 0.4) is 0 Å². The van der Waals surface area contributed by atoms with Gasteiger partial charge in [-0.25, -0.2) is 0 Å². The maximum Gasteiger partial charge on any atom is 0.256 e. The molecule has 108 valence electrons. The average molecular weight is 281 g/mol. The van der Waals surface area contributed by atoms with Gasteiger partial charge >= 0.3 is 0 Å². The predicted molar refractivity (Wildman–Crippen MR) is 82.1 cm³/mol. The summed E-state index contributed by atoms with van der Waals surface area (Å²) in [6.07, 6.45) is 2.86. The molecule has 0 radical (unpaired) electrons. The van der Waals surface area contributed by atoms with E-state index in [2.05, 4.69) is 22.1 Å². The van der Waals surface area contributed by atoms with Crippen LogP contribution in [0.2, 0.25) is 0 Å². The van der Waals surface area contributed by atoms with E-state index in [4.69, 9.17) is 0 Å². The zero-order chi connectivity index (χ0) is 14.4. The van der Waals surface area contributed by atoms with Gasteiger partial charge in [-0.2, -0.15) is 0 Å². The number of likely N-dealkylation sites (tertiary alicyclic amines) is 1. The third kappa shape index (κ3) is 1.94. The third-order valence-corrected chi connectivity index (χ3v) is 4.88. The minimum absolute atomic E-state index is 0.128. The van der Waals surface area contributed by atoms with Gasteiger partial charge in [0.1, 0.15) is 0 Å². The first-order valence-corrected chi connectivity index (χ1v) is 7.63. The SMILES string of the molecule is CC1CC2CNCC2N1C(=O)c1cccc2cccnc12. The van der Waals surface area contributed by atoms with Gasteiger partial charge in [-0.15, -0.1) is 0 Å². The highest BCUT2D eigenvalue weighted by molar-refractivity contribution is 6.05. The Bertz CT molecular complexity index is 694. The van der Waals surface area contributed by atoms with Gasteiger partial charge in [-0.05, 0) is 31.4 Å². The van der Waals surface area contributed by atoms with Crippen LogP contribution >= 0.6 is 0 Å². The lowest BCUT2D eigenvalue weighted by Crippen LogP contribution is -2.42. The van der Waals surface area contributed by atoms with Crippen LogP contribution in [-0.4, -0.2) is 41.0 Å². The largest absolute Gasteiger partial charge is 0.331 e. The molecule has 0 bridgehead atoms. The summed E-state index contributed by atoms with van der Waals surface area (Å²) in [7, 11) is 0. The molecule has 2 aromatic rings. The van der Waals surface area contributed by atoms with E-state index < -0.39 is 0 Å². The molecule has 1 amide bonds. The van der Waals surface area contributed by atoms with E-state index in [-0.39, 0.29) is 5.91 Å². The highest BCUT2D eigenvalue weighted by atomic mass is 16.2. The van der Waals surface area contributed by atoms with Crippen LogP contribution in [0.1, 0.15) is 23.7 Å². The summed E-state index contributed by atoms with van der Waals surface area (Å²) >= 11 is 0. The van der Waals surface area contributed by atoms with E-state index in [0.29, 0.717) is 18.0 Å². The Labute approximate surface area is 124 Å². The molecule has 1 aromatic carbocycles. The van der Waals surface area contributed by atoms with Crippen molar-refractivity contribution >= 4 is 16.8 Å². The number of aromatic nitrogens is 1. The molecule has 3 heterocycles. The molecule has 2 aliphatic heterocycles. The molecule has 2 saturated heterocycles. The van der Waals surface area contributed by atoms with Crippen molar-refractivity contribution in [3.63, 3.8) is 0 Å². The van der Waals surface area contributed by atoms with Gasteiger partial charge in [-0.3, -0.25) is 9.78 Å². The molecule has 4 rings (SSSR count). The monoisotopic (exact) mass is 281 g/mol. The number of carbonyl (C=O) groups excluding carboxylic acids is 1. The van der Waals surface area contributed by atoms with Crippen LogP contribution in [0, 0.1) is 5.92 Å². The molecule has 0 aliphatic carbocycles. The quantitative estimate of drug-likeness (QED) is 0.870. The van der Waals surface area contributed by atoms with Gasteiger partial charge in [0, 0.05) is 36.8 Å². The number of carbonyl (C=O) groups is 1. The Kier molecular flexibility index (Phi) is 2.93. The summed E-state index contributed by atoms with van der Waals surface area (Å²) in [6, 6.07) is 10.4. The van der Waals surface area contributed by atoms with Crippen LogP contribution in [0.5, 0.6) is 0 Å². The topological polar surface area (TPSA) is 45.2 Å². The summed E-state index contributed by atoms with van der Waals surface area (Å²) in [4.78, 5) is 19.6. The van der Waals surface area contributed by atoms with Gasteiger partial charge in [-0.1, -0.05) is 18.2 Å². The molecular formula is C17H19N3O. The molecule has 3 unspecified atom stereocenters. The van der Waals surface area contributed by atoms with Gasteiger partial charge < -0.3 is 10.2 Å². The fraction of sp³-hybridized carbons (Fsp3) is 0.412. The fourth-order valence-electron chi connectivity index (χ4n) is 3.93. The number of fused-ring (bicyclic) bond motifs is 2. The molecule has 1 N–H and O–H groups in total. The molecule has 3 atom stereocenters. The zero-order valence-corrected chi connectivity index (χ0v) is 12.1. The number of pyridine rings is 1. The fourth-order valence-corrected chi connectivity index (χ4v) is 3.93. The second-order valence-corrected chi connectivity index (χ2v) is 6.16. The van der Waals surface area contributed by atoms with E-state index in [9.17, 15) is 4.79 Å². The van der Waals surface area contributed by atoms with Crippen molar-refractivity contribution in [1.82, 2.24) is 15.2 Å². The van der Waals surface area contributed by atoms with Gasteiger partial charge in [0.15, 0.2) is 0 Å². The predicted octanol–water partition coefficient (Wildman–Crippen LogP) is 2.06. The molecule has 2 fully saturated rings. The summed E-state index contributed by atoms with van der Waals surface area (Å²) in [5, 5.41) is 4.43. The lowest BCUT2D eigenvalue weighted by Gasteiger charge is -2.28. The van der Waals surface area contributed by atoms with Crippen LogP contribution in [0.4, 0.5) is 0 Å².